The van der Waals surface area contributed by atoms with Gasteiger partial charge in [-0.1, -0.05) is 117 Å². The van der Waals surface area contributed by atoms with Crippen LogP contribution in [0.1, 0.15) is 84.1 Å². The average Bonchev–Trinajstić information content (AvgIpc) is 1.24. The van der Waals surface area contributed by atoms with E-state index < -0.39 is 139 Å². The fourth-order valence-corrected chi connectivity index (χ4v) is 14.7. The van der Waals surface area contributed by atoms with Crippen LogP contribution in [0.2, 0.25) is 20.1 Å². The van der Waals surface area contributed by atoms with Crippen molar-refractivity contribution in [3.05, 3.63) is 223 Å². The number of amides is 2. The van der Waals surface area contributed by atoms with Crippen molar-refractivity contribution in [2.45, 2.75) is 93.5 Å². The summed E-state index contributed by atoms with van der Waals surface area (Å²) in [5.74, 6) is -13.4. The quantitative estimate of drug-likeness (QED) is 0.0374. The Balaban J connectivity index is 1.12. The first-order valence-corrected chi connectivity index (χ1v) is 32.5. The van der Waals surface area contributed by atoms with Crippen molar-refractivity contribution >= 4 is 58.6 Å². The topological polar surface area (TPSA) is 277 Å². The van der Waals surface area contributed by atoms with Gasteiger partial charge in [0.1, 0.15) is 59.7 Å². The van der Waals surface area contributed by atoms with Gasteiger partial charge in [0.25, 0.3) is 0 Å². The summed E-state index contributed by atoms with van der Waals surface area (Å²) in [4.78, 5) is 38.0. The molecule has 8 heterocycles. The largest absolute Gasteiger partial charge is 0.465 e. The molecule has 0 bridgehead atoms. The molecule has 4 N–H and O–H groups in total. The van der Waals surface area contributed by atoms with Crippen LogP contribution in [0, 0.1) is 60.6 Å². The minimum absolute atomic E-state index is 0.0792. The van der Waals surface area contributed by atoms with Crippen LogP contribution in [0.25, 0.3) is 33.9 Å². The van der Waals surface area contributed by atoms with E-state index in [1.807, 2.05) is 0 Å². The van der Waals surface area contributed by atoms with Crippen LogP contribution in [0.3, 0.4) is 0 Å². The number of benzene rings is 6. The Morgan fingerprint density at radius 2 is 0.990 bits per heavy atom. The number of rotatable bonds is 17. The van der Waals surface area contributed by atoms with E-state index in [2.05, 4.69) is 20.8 Å². The van der Waals surface area contributed by atoms with Gasteiger partial charge >= 0.3 is 12.2 Å². The number of aromatic nitrogens is 12. The number of carbonyl (C=O) groups is 2. The monoisotopic (exact) mass is 1460 g/mol. The van der Waals surface area contributed by atoms with E-state index in [-0.39, 0.29) is 96.9 Å². The Bertz CT molecular complexity index is 4420. The standard InChI is InChI=1S/C66H54Cl4F6N14O10/c1-30-78-60(89(83-30)46-24-36(67)14-16-38(46)69)58-50(54(56-48(97-58)28-95-62(99-56)32-10-5-3-6-11-32)87-26-44(81-85-87)34-20-40(71)52(75)41(72)21-34)66(80-65(93)94,18-9-19-77-64(91)92)51-55(88-27-45(82-86-88)35-22-42(73)53(76)43(74)23-35)57-49(29-96-63(100-57)33-12-7-4-8-13-33)98-59(51)61-79-31(2)84-90(61)47-25-37(68)15-17-39(47)70/h3-8,10-17,20-27,48-51,54-59,62-63,77,80H,9,18-19,28-29H2,1-2H3,(H,91,92)(H,93,94)/t48-,49?,50+,51-,54+,55-,56+,57?,58+,59-,62+,63+,66?/m1/s1. The van der Waals surface area contributed by atoms with Crippen LogP contribution in [0.15, 0.2) is 134 Å². The van der Waals surface area contributed by atoms with Crippen LogP contribution in [-0.4, -0.2) is 132 Å². The Kier molecular flexibility index (Phi) is 18.9. The summed E-state index contributed by atoms with van der Waals surface area (Å²) in [6, 6.07) is 26.1. The minimum atomic E-state index is -2.51. The van der Waals surface area contributed by atoms with Crippen molar-refractivity contribution in [3.8, 4) is 33.9 Å². The Morgan fingerprint density at radius 1 is 0.570 bits per heavy atom. The number of carboxylic acid groups (broad SMARTS) is 2. The molecule has 14 rings (SSSR count). The van der Waals surface area contributed by atoms with Gasteiger partial charge in [0.15, 0.2) is 59.1 Å². The molecule has 24 nitrogen and oxygen atoms in total. The number of fused-ring (bicyclic) bond motifs is 2. The van der Waals surface area contributed by atoms with Gasteiger partial charge in [-0.25, -0.2) is 64.6 Å². The highest BCUT2D eigenvalue weighted by Crippen LogP contribution is 2.61. The first-order chi connectivity index (χ1) is 48.1. The first-order valence-electron chi connectivity index (χ1n) is 31.0. The van der Waals surface area contributed by atoms with Crippen molar-refractivity contribution in [1.82, 2.24) is 70.2 Å². The van der Waals surface area contributed by atoms with E-state index >= 15 is 22.4 Å². The number of ether oxygens (including phenoxy) is 6. The average molecular weight is 1460 g/mol. The van der Waals surface area contributed by atoms with Gasteiger partial charge in [-0.3, -0.25) is 0 Å². The number of nitrogens with one attached hydrogen (secondary N) is 2. The van der Waals surface area contributed by atoms with Gasteiger partial charge in [-0.2, -0.15) is 10.2 Å². The van der Waals surface area contributed by atoms with Gasteiger partial charge in [0, 0.05) is 50.7 Å². The number of hydrogen-bond donors (Lipinski definition) is 4. The molecule has 0 radical (unpaired) electrons. The molecule has 10 aromatic rings. The molecule has 518 valence electrons. The lowest BCUT2D eigenvalue weighted by molar-refractivity contribution is -0.335. The maximum Gasteiger partial charge on any atom is 0.405 e. The Hall–Kier alpha value is -9.08. The van der Waals surface area contributed by atoms with E-state index in [9.17, 15) is 23.8 Å². The molecule has 3 unspecified atom stereocenters. The third kappa shape index (κ3) is 13.0. The predicted molar refractivity (Wildman–Crippen MR) is 342 cm³/mol. The molecule has 0 spiro atoms. The molecule has 100 heavy (non-hydrogen) atoms. The van der Waals surface area contributed by atoms with Crippen molar-refractivity contribution in [2.24, 2.45) is 11.8 Å². The van der Waals surface area contributed by atoms with Gasteiger partial charge in [0.2, 0.25) is 0 Å². The van der Waals surface area contributed by atoms with Crippen LogP contribution in [-0.2, 0) is 28.4 Å². The highest BCUT2D eigenvalue weighted by Gasteiger charge is 2.68. The van der Waals surface area contributed by atoms with Gasteiger partial charge < -0.3 is 49.3 Å². The lowest BCUT2D eigenvalue weighted by atomic mass is 9.58. The lowest BCUT2D eigenvalue weighted by Gasteiger charge is -2.61. The SMILES string of the molecule is Cc1nc([C@H]2O[C@@H]3CO[C@H](c4ccccc4)O[C@@H]3[C@@H](n3cc(-c4cc(F)c(F)c(F)c4)nn3)[C@@H]2C(CCCNC(=O)O)(NC(=O)O)[C@H]2[C@H](c3nc(C)nn3-c3cc(Cl)ccc3Cl)OC3CO[C@H](c4ccccc4)OC3[C@@H]2n2cc(-c3cc(F)c(F)c(F)c3)nn2)n(-c2cc(Cl)ccc2Cl)n1. The molecule has 4 fully saturated rings. The van der Waals surface area contributed by atoms with Crippen LogP contribution < -0.4 is 10.6 Å². The van der Waals surface area contributed by atoms with Gasteiger partial charge in [-0.05, 0) is 87.4 Å². The summed E-state index contributed by atoms with van der Waals surface area (Å²) in [5, 5.41) is 56.5. The van der Waals surface area contributed by atoms with Crippen molar-refractivity contribution < 1.29 is 74.6 Å². The van der Waals surface area contributed by atoms with E-state index in [1.54, 1.807) is 74.5 Å². The maximum atomic E-state index is 15.5. The third-order valence-electron chi connectivity index (χ3n) is 18.0. The molecular weight excluding hydrogens is 1400 g/mol. The number of aryl methyl sites for hydroxylation is 2. The second-order valence-corrected chi connectivity index (χ2v) is 25.8. The van der Waals surface area contributed by atoms with E-state index in [0.717, 1.165) is 0 Å². The van der Waals surface area contributed by atoms with E-state index in [1.165, 1.54) is 67.5 Å². The normalized spacial score (nSPS) is 24.2. The zero-order valence-corrected chi connectivity index (χ0v) is 55.0. The van der Waals surface area contributed by atoms with E-state index in [4.69, 9.17) is 105 Å². The highest BCUT2D eigenvalue weighted by molar-refractivity contribution is 6.35. The fourth-order valence-electron chi connectivity index (χ4n) is 14.0. The smallest absolute Gasteiger partial charge is 0.405 e. The predicted octanol–water partition coefficient (Wildman–Crippen LogP) is 13.0. The summed E-state index contributed by atoms with van der Waals surface area (Å²) in [5.41, 5.74) is -2.37. The van der Waals surface area contributed by atoms with Crippen molar-refractivity contribution in [2.75, 3.05) is 19.8 Å². The molecule has 4 saturated heterocycles. The summed E-state index contributed by atoms with van der Waals surface area (Å²) in [6.45, 7) is 2.12. The summed E-state index contributed by atoms with van der Waals surface area (Å²) in [6.07, 6.45) is -12.8. The maximum absolute atomic E-state index is 15.5. The van der Waals surface area contributed by atoms with Crippen molar-refractivity contribution in [1.29, 1.82) is 0 Å². The molecule has 34 heteroatoms. The van der Waals surface area contributed by atoms with Gasteiger partial charge in [-0.15, -0.1) is 10.2 Å². The molecule has 4 aromatic heterocycles. The molecule has 6 aromatic carbocycles. The molecular formula is C66H54Cl4F6N14O10. The number of hydrogen-bond acceptors (Lipinski definition) is 16. The summed E-state index contributed by atoms with van der Waals surface area (Å²) in [7, 11) is 0. The third-order valence-corrected chi connectivity index (χ3v) is 19.1. The van der Waals surface area contributed by atoms with Crippen LogP contribution in [0.4, 0.5) is 35.9 Å². The zero-order chi connectivity index (χ0) is 70.0. The second kappa shape index (κ2) is 27.8. The second-order valence-electron chi connectivity index (χ2n) is 24.1. The molecule has 4 aliphatic heterocycles. The summed E-state index contributed by atoms with van der Waals surface area (Å²) < 4.78 is 139. The van der Waals surface area contributed by atoms with Crippen molar-refractivity contribution in [3.63, 3.8) is 0 Å². The lowest BCUT2D eigenvalue weighted by Crippen LogP contribution is -2.71. The Labute approximate surface area is 582 Å². The number of halogens is 10. The highest BCUT2D eigenvalue weighted by atomic mass is 35.5. The minimum Gasteiger partial charge on any atom is -0.465 e. The zero-order valence-electron chi connectivity index (χ0n) is 52.0. The fraction of sp³-hybridized carbons (Fsp3) is 0.303. The molecule has 0 aliphatic carbocycles. The molecule has 2 amide bonds. The van der Waals surface area contributed by atoms with Crippen LogP contribution in [0.5, 0.6) is 0 Å². The molecule has 0 saturated carbocycles. The molecule has 4 aliphatic rings. The number of nitrogens with zero attached hydrogens (tertiary/aromatic N) is 12. The van der Waals surface area contributed by atoms with Gasteiger partial charge in [0.05, 0.1) is 64.7 Å². The summed E-state index contributed by atoms with van der Waals surface area (Å²) >= 11 is 27.8. The van der Waals surface area contributed by atoms with E-state index in [0.29, 0.717) is 35.4 Å². The first kappa shape index (κ1) is 68.1. The Morgan fingerprint density at radius 3 is 1.39 bits per heavy atom. The van der Waals surface area contributed by atoms with Crippen LogP contribution >= 0.6 is 46.4 Å². The molecule has 13 atom stereocenters.